The van der Waals surface area contributed by atoms with Crippen LogP contribution in [-0.4, -0.2) is 54.9 Å². The van der Waals surface area contributed by atoms with Gasteiger partial charge < -0.3 is 14.5 Å². The first kappa shape index (κ1) is 19.3. The molecule has 25 heavy (non-hydrogen) atoms. The summed E-state index contributed by atoms with van der Waals surface area (Å²) in [6, 6.07) is 4.02. The molecule has 138 valence electrons. The highest BCUT2D eigenvalue weighted by Crippen LogP contribution is 2.23. The predicted octanol–water partition coefficient (Wildman–Crippen LogP) is 2.57. The Labute approximate surface area is 150 Å². The molecule has 5 nitrogen and oxygen atoms in total. The summed E-state index contributed by atoms with van der Waals surface area (Å²) in [5.41, 5.74) is 3.16. The molecule has 0 atom stereocenters. The molecule has 1 fully saturated rings. The van der Waals surface area contributed by atoms with E-state index in [1.54, 1.807) is 7.11 Å². The molecular formula is C20H30N2O3. The van der Waals surface area contributed by atoms with Gasteiger partial charge in [-0.3, -0.25) is 9.59 Å². The number of carbonyl (C=O) groups excluding carboxylic acids is 2. The van der Waals surface area contributed by atoms with Gasteiger partial charge in [0.25, 0.3) is 0 Å². The van der Waals surface area contributed by atoms with Crippen LogP contribution in [-0.2, 0) is 16.0 Å². The van der Waals surface area contributed by atoms with Gasteiger partial charge in [0.2, 0.25) is 11.8 Å². The molecule has 0 bridgehead atoms. The summed E-state index contributed by atoms with van der Waals surface area (Å²) in [6.07, 6.45) is 0.981. The highest BCUT2D eigenvalue weighted by molar-refractivity contribution is 5.80. The second-order valence-corrected chi connectivity index (χ2v) is 7.28. The maximum atomic E-state index is 12.6. The van der Waals surface area contributed by atoms with Gasteiger partial charge in [0.1, 0.15) is 5.75 Å². The van der Waals surface area contributed by atoms with Crippen LogP contribution in [0.3, 0.4) is 0 Å². The lowest BCUT2D eigenvalue weighted by Crippen LogP contribution is -2.51. The number of aryl methyl sites for hydroxylation is 2. The van der Waals surface area contributed by atoms with Crippen LogP contribution < -0.4 is 4.74 Å². The fourth-order valence-electron chi connectivity index (χ4n) is 3.22. The van der Waals surface area contributed by atoms with Gasteiger partial charge >= 0.3 is 0 Å². The van der Waals surface area contributed by atoms with E-state index < -0.39 is 0 Å². The van der Waals surface area contributed by atoms with Crippen molar-refractivity contribution < 1.29 is 14.3 Å². The predicted molar refractivity (Wildman–Crippen MR) is 98.8 cm³/mol. The first-order chi connectivity index (χ1) is 11.8. The Balaban J connectivity index is 1.93. The Morgan fingerprint density at radius 1 is 1.00 bits per heavy atom. The van der Waals surface area contributed by atoms with E-state index in [1.165, 1.54) is 0 Å². The quantitative estimate of drug-likeness (QED) is 0.823. The molecule has 1 saturated heterocycles. The minimum Gasteiger partial charge on any atom is -0.496 e. The molecule has 0 radical (unpaired) electrons. The number of piperazine rings is 1. The van der Waals surface area contributed by atoms with Crippen molar-refractivity contribution in [1.82, 2.24) is 9.80 Å². The Hall–Kier alpha value is -2.04. The fourth-order valence-corrected chi connectivity index (χ4v) is 3.22. The molecule has 0 N–H and O–H groups in total. The third-order valence-electron chi connectivity index (χ3n) is 4.76. The first-order valence-corrected chi connectivity index (χ1v) is 9.01. The molecule has 1 aliphatic heterocycles. The summed E-state index contributed by atoms with van der Waals surface area (Å²) in [5.74, 6) is 1.55. The molecule has 1 aromatic rings. The second-order valence-electron chi connectivity index (χ2n) is 7.28. The van der Waals surface area contributed by atoms with Gasteiger partial charge in [-0.05, 0) is 42.5 Å². The molecule has 0 aliphatic carbocycles. The van der Waals surface area contributed by atoms with Crippen molar-refractivity contribution >= 4 is 11.8 Å². The van der Waals surface area contributed by atoms with E-state index >= 15 is 0 Å². The van der Waals surface area contributed by atoms with Crippen molar-refractivity contribution in [3.63, 3.8) is 0 Å². The molecule has 1 aromatic carbocycles. The average molecular weight is 346 g/mol. The normalized spacial score (nSPS) is 14.8. The van der Waals surface area contributed by atoms with E-state index in [1.807, 2.05) is 35.8 Å². The van der Waals surface area contributed by atoms with Crippen molar-refractivity contribution in [2.45, 2.75) is 40.5 Å². The SMILES string of the molecule is COc1cc(C)c(CC(=O)N2CCN(C(=O)CC(C)C)CC2)cc1C. The lowest BCUT2D eigenvalue weighted by atomic mass is 10.0. The van der Waals surface area contributed by atoms with Crippen LogP contribution in [0.25, 0.3) is 0 Å². The first-order valence-electron chi connectivity index (χ1n) is 9.01. The van der Waals surface area contributed by atoms with Crippen molar-refractivity contribution in [3.8, 4) is 5.75 Å². The lowest BCUT2D eigenvalue weighted by Gasteiger charge is -2.35. The summed E-state index contributed by atoms with van der Waals surface area (Å²) in [4.78, 5) is 28.5. The van der Waals surface area contributed by atoms with E-state index in [0.29, 0.717) is 44.9 Å². The van der Waals surface area contributed by atoms with Gasteiger partial charge in [-0.15, -0.1) is 0 Å². The van der Waals surface area contributed by atoms with Crippen LogP contribution in [0.1, 0.15) is 37.0 Å². The molecule has 2 amide bonds. The van der Waals surface area contributed by atoms with E-state index in [4.69, 9.17) is 4.74 Å². The van der Waals surface area contributed by atoms with Crippen molar-refractivity contribution in [3.05, 3.63) is 28.8 Å². The smallest absolute Gasteiger partial charge is 0.227 e. The zero-order valence-electron chi connectivity index (χ0n) is 16.1. The summed E-state index contributed by atoms with van der Waals surface area (Å²) < 4.78 is 5.33. The average Bonchev–Trinajstić information content (AvgIpc) is 2.57. The Morgan fingerprint density at radius 3 is 2.08 bits per heavy atom. The van der Waals surface area contributed by atoms with Crippen LogP contribution in [0.4, 0.5) is 0 Å². The van der Waals surface area contributed by atoms with Gasteiger partial charge in [-0.2, -0.15) is 0 Å². The van der Waals surface area contributed by atoms with Crippen LogP contribution in [0, 0.1) is 19.8 Å². The molecule has 5 heteroatoms. The fraction of sp³-hybridized carbons (Fsp3) is 0.600. The lowest BCUT2D eigenvalue weighted by molar-refractivity contribution is -0.139. The van der Waals surface area contributed by atoms with Crippen molar-refractivity contribution in [1.29, 1.82) is 0 Å². The molecule has 2 rings (SSSR count). The van der Waals surface area contributed by atoms with Gasteiger partial charge in [-0.25, -0.2) is 0 Å². The Kier molecular flexibility index (Phi) is 6.45. The number of methoxy groups -OCH3 is 1. The molecule has 1 heterocycles. The highest BCUT2D eigenvalue weighted by Gasteiger charge is 2.24. The zero-order chi connectivity index (χ0) is 18.6. The molecule has 0 aromatic heterocycles. The number of amides is 2. The topological polar surface area (TPSA) is 49.9 Å². The van der Waals surface area contributed by atoms with E-state index in [9.17, 15) is 9.59 Å². The standard InChI is InChI=1S/C20H30N2O3/c1-14(2)10-19(23)21-6-8-22(9-7-21)20(24)13-17-11-16(4)18(25-5)12-15(17)3/h11-12,14H,6-10,13H2,1-5H3. The summed E-state index contributed by atoms with van der Waals surface area (Å²) >= 11 is 0. The summed E-state index contributed by atoms with van der Waals surface area (Å²) in [7, 11) is 1.66. The number of hydrogen-bond acceptors (Lipinski definition) is 3. The molecule has 1 aliphatic rings. The van der Waals surface area contributed by atoms with Crippen LogP contribution >= 0.6 is 0 Å². The number of carbonyl (C=O) groups is 2. The molecule has 0 spiro atoms. The van der Waals surface area contributed by atoms with E-state index in [0.717, 1.165) is 22.4 Å². The maximum Gasteiger partial charge on any atom is 0.227 e. The van der Waals surface area contributed by atoms with Crippen LogP contribution in [0.2, 0.25) is 0 Å². The van der Waals surface area contributed by atoms with Gasteiger partial charge in [0, 0.05) is 32.6 Å². The minimum atomic E-state index is 0.128. The summed E-state index contributed by atoms with van der Waals surface area (Å²) in [6.45, 7) is 10.6. The van der Waals surface area contributed by atoms with Crippen molar-refractivity contribution in [2.24, 2.45) is 5.92 Å². The van der Waals surface area contributed by atoms with Gasteiger partial charge in [-0.1, -0.05) is 19.9 Å². The number of ether oxygens (including phenoxy) is 1. The number of hydrogen-bond donors (Lipinski definition) is 0. The van der Waals surface area contributed by atoms with E-state index in [-0.39, 0.29) is 11.8 Å². The number of benzene rings is 1. The number of nitrogens with zero attached hydrogens (tertiary/aromatic N) is 2. The monoisotopic (exact) mass is 346 g/mol. The summed E-state index contributed by atoms with van der Waals surface area (Å²) in [5, 5.41) is 0. The van der Waals surface area contributed by atoms with Crippen molar-refractivity contribution in [2.75, 3.05) is 33.3 Å². The largest absolute Gasteiger partial charge is 0.496 e. The highest BCUT2D eigenvalue weighted by atomic mass is 16.5. The molecular weight excluding hydrogens is 316 g/mol. The Bertz CT molecular complexity index is 632. The zero-order valence-corrected chi connectivity index (χ0v) is 16.1. The second kappa shape index (κ2) is 8.37. The Morgan fingerprint density at radius 2 is 1.56 bits per heavy atom. The van der Waals surface area contributed by atoms with Gasteiger partial charge in [0.15, 0.2) is 0 Å². The van der Waals surface area contributed by atoms with Gasteiger partial charge in [0.05, 0.1) is 13.5 Å². The van der Waals surface area contributed by atoms with E-state index in [2.05, 4.69) is 13.8 Å². The van der Waals surface area contributed by atoms with Crippen LogP contribution in [0.5, 0.6) is 5.75 Å². The third-order valence-corrected chi connectivity index (χ3v) is 4.76. The number of rotatable bonds is 5. The minimum absolute atomic E-state index is 0.128. The molecule has 0 unspecified atom stereocenters. The van der Waals surface area contributed by atoms with Crippen LogP contribution in [0.15, 0.2) is 12.1 Å². The third kappa shape index (κ3) is 4.97. The molecule has 0 saturated carbocycles. The maximum absolute atomic E-state index is 12.6.